The predicted molar refractivity (Wildman–Crippen MR) is 205 cm³/mol. The van der Waals surface area contributed by atoms with Crippen LogP contribution < -0.4 is 19.7 Å². The van der Waals surface area contributed by atoms with Gasteiger partial charge in [-0.15, -0.1) is 0 Å². The number of nitrogens with one attached hydrogen (secondary N) is 1. The van der Waals surface area contributed by atoms with Crippen LogP contribution in [0.25, 0.3) is 0 Å². The number of pyridine rings is 1. The highest BCUT2D eigenvalue weighted by molar-refractivity contribution is 6.04. The zero-order chi connectivity index (χ0) is 37.7. The van der Waals surface area contributed by atoms with Crippen molar-refractivity contribution in [3.8, 4) is 28.7 Å². The van der Waals surface area contributed by atoms with Gasteiger partial charge in [-0.05, 0) is 92.7 Å². The van der Waals surface area contributed by atoms with Crippen molar-refractivity contribution in [2.45, 2.75) is 37.8 Å². The molecular formula is C43H44N4O7. The average Bonchev–Trinajstić information content (AvgIpc) is 3.48. The number of aromatic nitrogens is 1. The molecule has 0 bridgehead atoms. The van der Waals surface area contributed by atoms with E-state index in [0.717, 1.165) is 63.4 Å². The van der Waals surface area contributed by atoms with Gasteiger partial charge in [-0.2, -0.15) is 0 Å². The first-order valence-electron chi connectivity index (χ1n) is 18.2. The van der Waals surface area contributed by atoms with Crippen LogP contribution in [0.2, 0.25) is 0 Å². The van der Waals surface area contributed by atoms with Gasteiger partial charge in [0.05, 0.1) is 12.7 Å². The van der Waals surface area contributed by atoms with E-state index in [1.165, 1.54) is 29.8 Å². The van der Waals surface area contributed by atoms with Crippen molar-refractivity contribution in [2.24, 2.45) is 0 Å². The zero-order valence-corrected chi connectivity index (χ0v) is 30.5. The summed E-state index contributed by atoms with van der Waals surface area (Å²) in [7, 11) is 3.81. The summed E-state index contributed by atoms with van der Waals surface area (Å²) in [6, 6.07) is 28.2. The van der Waals surface area contributed by atoms with Crippen LogP contribution in [-0.4, -0.2) is 72.3 Å². The molecule has 1 spiro atoms. The molecular weight excluding hydrogens is 684 g/mol. The number of benzene rings is 4. The fourth-order valence-corrected chi connectivity index (χ4v) is 7.28. The second kappa shape index (κ2) is 15.9. The number of ether oxygens (including phenoxy) is 3. The van der Waals surface area contributed by atoms with Crippen molar-refractivity contribution >= 4 is 17.7 Å². The van der Waals surface area contributed by atoms with Gasteiger partial charge in [-0.1, -0.05) is 37.1 Å². The quantitative estimate of drug-likeness (QED) is 0.0765. The Morgan fingerprint density at radius 1 is 0.833 bits per heavy atom. The molecule has 278 valence electrons. The number of nitrogens with zero attached hydrogens (tertiary/aromatic N) is 3. The van der Waals surface area contributed by atoms with Crippen LogP contribution in [0.3, 0.4) is 0 Å². The number of unbranched alkanes of at least 4 members (excludes halogenated alkanes) is 3. The zero-order valence-electron chi connectivity index (χ0n) is 30.5. The maximum absolute atomic E-state index is 13.8. The fourth-order valence-electron chi connectivity index (χ4n) is 7.28. The summed E-state index contributed by atoms with van der Waals surface area (Å²) in [5.74, 6) is 1.33. The molecule has 0 radical (unpaired) electrons. The van der Waals surface area contributed by atoms with Crippen molar-refractivity contribution in [3.05, 3.63) is 137 Å². The van der Waals surface area contributed by atoms with E-state index in [1.807, 2.05) is 36.5 Å². The number of phenolic OH excluding ortho intramolecular Hbond substituents is 2. The van der Waals surface area contributed by atoms with Crippen LogP contribution in [-0.2, 0) is 16.9 Å². The summed E-state index contributed by atoms with van der Waals surface area (Å²) in [6.45, 7) is 3.91. The number of esters is 1. The third-order valence-electron chi connectivity index (χ3n) is 10.0. The van der Waals surface area contributed by atoms with E-state index >= 15 is 0 Å². The van der Waals surface area contributed by atoms with Crippen LogP contribution in [0.15, 0.2) is 103 Å². The summed E-state index contributed by atoms with van der Waals surface area (Å²) in [5, 5.41) is 23.5. The van der Waals surface area contributed by atoms with Crippen molar-refractivity contribution in [1.82, 2.24) is 15.2 Å². The third-order valence-corrected chi connectivity index (χ3v) is 10.0. The lowest BCUT2D eigenvalue weighted by molar-refractivity contribution is 0.0221. The lowest BCUT2D eigenvalue weighted by Crippen LogP contribution is -2.36. The molecule has 3 heterocycles. The molecule has 0 unspecified atom stereocenters. The van der Waals surface area contributed by atoms with E-state index in [2.05, 4.69) is 39.3 Å². The number of methoxy groups -OCH3 is 1. The summed E-state index contributed by atoms with van der Waals surface area (Å²) >= 11 is 0. The Hall–Kier alpha value is -6.07. The Morgan fingerprint density at radius 2 is 1.56 bits per heavy atom. The smallest absolute Gasteiger partial charge is 0.340 e. The SMILES string of the molecule is COc1ccc(CN(CCN(C)CCCCCCNC(=O)c2cccc3c2C2(OC3=O)c3ccc(O)cc3Oc3cc(O)ccc32)c2ccccn2)cc1. The Kier molecular flexibility index (Phi) is 10.7. The Labute approximate surface area is 314 Å². The predicted octanol–water partition coefficient (Wildman–Crippen LogP) is 7.00. The van der Waals surface area contributed by atoms with Crippen LogP contribution in [0.4, 0.5) is 5.82 Å². The van der Waals surface area contributed by atoms with E-state index in [4.69, 9.17) is 14.2 Å². The van der Waals surface area contributed by atoms with Crippen LogP contribution >= 0.6 is 0 Å². The van der Waals surface area contributed by atoms with Gasteiger partial charge in [0.2, 0.25) is 0 Å². The minimum Gasteiger partial charge on any atom is -0.508 e. The van der Waals surface area contributed by atoms with Gasteiger partial charge in [-0.25, -0.2) is 9.78 Å². The number of rotatable bonds is 15. The molecule has 2 aliphatic heterocycles. The highest BCUT2D eigenvalue weighted by atomic mass is 16.6. The molecule has 0 fully saturated rings. The van der Waals surface area contributed by atoms with Crippen LogP contribution in [0, 0.1) is 0 Å². The largest absolute Gasteiger partial charge is 0.508 e. The number of anilines is 1. The number of hydrogen-bond acceptors (Lipinski definition) is 10. The van der Waals surface area contributed by atoms with Gasteiger partial charge in [0, 0.05) is 66.8 Å². The van der Waals surface area contributed by atoms with E-state index in [1.54, 1.807) is 37.4 Å². The number of amides is 1. The standard InChI is InChI=1S/C43H44N4O7/c1-46(24-25-47(39-12-5-7-21-44-39)28-29-13-17-32(52-2)18-14-29)23-8-4-3-6-22-45-41(50)33-10-9-11-34-40(33)43(54-42(34)51)35-19-15-30(48)26-37(35)53-38-27-31(49)16-20-36(38)43/h5,7,9-21,26-27,48-49H,3-4,6,8,22-25,28H2,1-2H3,(H,45,50). The maximum Gasteiger partial charge on any atom is 0.340 e. The number of carbonyl (C=O) groups is 2. The molecule has 11 heteroatoms. The molecule has 7 rings (SSSR count). The molecule has 0 aliphatic carbocycles. The minimum atomic E-state index is -1.51. The highest BCUT2D eigenvalue weighted by Crippen LogP contribution is 2.57. The molecule has 0 atom stereocenters. The summed E-state index contributed by atoms with van der Waals surface area (Å²) in [6.07, 6.45) is 5.64. The monoisotopic (exact) mass is 728 g/mol. The van der Waals surface area contributed by atoms with E-state index < -0.39 is 11.6 Å². The van der Waals surface area contributed by atoms with Crippen LogP contribution in [0.1, 0.15) is 68.7 Å². The molecule has 4 aromatic carbocycles. The fraction of sp³-hybridized carbons (Fsp3) is 0.279. The van der Waals surface area contributed by atoms with E-state index in [0.29, 0.717) is 28.8 Å². The number of hydrogen-bond donors (Lipinski definition) is 3. The maximum atomic E-state index is 13.8. The van der Waals surface area contributed by atoms with Gasteiger partial charge < -0.3 is 39.5 Å². The number of likely N-dealkylation sites (N-methyl/N-ethyl adjacent to an activating group) is 1. The molecule has 5 aromatic rings. The van der Waals surface area contributed by atoms with Crippen molar-refractivity contribution < 1.29 is 34.0 Å². The molecule has 1 amide bonds. The molecule has 3 N–H and O–H groups in total. The van der Waals surface area contributed by atoms with Gasteiger partial charge in [-0.3, -0.25) is 4.79 Å². The van der Waals surface area contributed by atoms with E-state index in [9.17, 15) is 19.8 Å². The number of fused-ring (bicyclic) bond motifs is 6. The number of carbonyl (C=O) groups excluding carboxylic acids is 2. The summed E-state index contributed by atoms with van der Waals surface area (Å²) < 4.78 is 17.6. The normalized spacial score (nSPS) is 13.4. The van der Waals surface area contributed by atoms with Crippen molar-refractivity contribution in [3.63, 3.8) is 0 Å². The lowest BCUT2D eigenvalue weighted by Gasteiger charge is -2.37. The average molecular weight is 729 g/mol. The second-order valence-electron chi connectivity index (χ2n) is 13.7. The first-order valence-corrected chi connectivity index (χ1v) is 18.2. The first-order chi connectivity index (χ1) is 26.3. The van der Waals surface area contributed by atoms with Crippen molar-refractivity contribution in [1.29, 1.82) is 0 Å². The molecule has 0 saturated heterocycles. The van der Waals surface area contributed by atoms with Gasteiger partial charge in [0.25, 0.3) is 5.91 Å². The van der Waals surface area contributed by atoms with Gasteiger partial charge >= 0.3 is 5.97 Å². The van der Waals surface area contributed by atoms with Crippen molar-refractivity contribution in [2.75, 3.05) is 45.2 Å². The molecule has 2 aliphatic rings. The van der Waals surface area contributed by atoms with Crippen LogP contribution in [0.5, 0.6) is 28.7 Å². The molecule has 0 saturated carbocycles. The second-order valence-corrected chi connectivity index (χ2v) is 13.7. The molecule has 54 heavy (non-hydrogen) atoms. The highest BCUT2D eigenvalue weighted by Gasteiger charge is 2.55. The Bertz CT molecular complexity index is 2070. The third kappa shape index (κ3) is 7.40. The minimum absolute atomic E-state index is 0.0391. The van der Waals surface area contributed by atoms with Gasteiger partial charge in [0.15, 0.2) is 5.60 Å². The first kappa shape index (κ1) is 36.3. The van der Waals surface area contributed by atoms with Gasteiger partial charge in [0.1, 0.15) is 34.6 Å². The topological polar surface area (TPSA) is 134 Å². The summed E-state index contributed by atoms with van der Waals surface area (Å²) in [4.78, 5) is 36.5. The molecule has 11 nitrogen and oxygen atoms in total. The number of phenols is 2. The molecule has 1 aromatic heterocycles. The number of aromatic hydroxyl groups is 2. The van der Waals surface area contributed by atoms with E-state index in [-0.39, 0.29) is 34.5 Å². The Morgan fingerprint density at radius 3 is 2.24 bits per heavy atom. The lowest BCUT2D eigenvalue weighted by atomic mass is 9.75. The summed E-state index contributed by atoms with van der Waals surface area (Å²) in [5.41, 5.74) is 1.61. The Balaban J connectivity index is 0.934.